The third-order valence-electron chi connectivity index (χ3n) is 1.63. The smallest absolute Gasteiger partial charge is 0.0890 e. The molecule has 0 N–H and O–H groups in total. The first kappa shape index (κ1) is 7.45. The number of hydrogen-bond donors (Lipinski definition) is 0. The van der Waals surface area contributed by atoms with Gasteiger partial charge in [-0.15, -0.1) is 0 Å². The number of nitrogens with zero attached hydrogens (tertiary/aromatic N) is 2. The van der Waals surface area contributed by atoms with Gasteiger partial charge in [0.1, 0.15) is 0 Å². The molecule has 1 heterocycles. The van der Waals surface area contributed by atoms with E-state index in [0.717, 1.165) is 19.6 Å². The third-order valence-corrected chi connectivity index (χ3v) is 1.63. The Labute approximate surface area is 63.1 Å². The lowest BCUT2D eigenvalue weighted by atomic mass is 10.3. The summed E-state index contributed by atoms with van der Waals surface area (Å²) in [6.07, 6.45) is 6.46. The molecule has 0 spiro atoms. The summed E-state index contributed by atoms with van der Waals surface area (Å²) in [5.74, 6) is 0. The first-order valence-electron chi connectivity index (χ1n) is 3.75. The van der Waals surface area contributed by atoms with Crippen molar-refractivity contribution in [3.05, 3.63) is 19.3 Å². The average molecular weight is 139 g/mol. The fourth-order valence-corrected chi connectivity index (χ4v) is 1.05. The summed E-state index contributed by atoms with van der Waals surface area (Å²) >= 11 is 0. The SMILES string of the molecule is [CH2]CCCN1C=CN(C)C1. The number of rotatable bonds is 3. The Kier molecular flexibility index (Phi) is 2.60. The highest BCUT2D eigenvalue weighted by Gasteiger charge is 2.05. The van der Waals surface area contributed by atoms with E-state index < -0.39 is 0 Å². The van der Waals surface area contributed by atoms with Crippen molar-refractivity contribution in [1.82, 2.24) is 9.80 Å². The molecule has 0 aromatic carbocycles. The zero-order valence-electron chi connectivity index (χ0n) is 6.58. The van der Waals surface area contributed by atoms with Crippen molar-refractivity contribution in [2.45, 2.75) is 12.8 Å². The molecule has 0 unspecified atom stereocenters. The summed E-state index contributed by atoms with van der Waals surface area (Å²) < 4.78 is 0. The molecule has 2 nitrogen and oxygen atoms in total. The van der Waals surface area contributed by atoms with E-state index in [1.807, 2.05) is 0 Å². The molecular weight excluding hydrogens is 124 g/mol. The lowest BCUT2D eigenvalue weighted by molar-refractivity contribution is 0.294. The molecule has 57 valence electrons. The highest BCUT2D eigenvalue weighted by molar-refractivity contribution is 4.88. The predicted octanol–water partition coefficient (Wildman–Crippen LogP) is 1.28. The zero-order valence-corrected chi connectivity index (χ0v) is 6.58. The van der Waals surface area contributed by atoms with Gasteiger partial charge in [-0.1, -0.05) is 13.3 Å². The monoisotopic (exact) mass is 139 g/mol. The predicted molar refractivity (Wildman–Crippen MR) is 43.1 cm³/mol. The summed E-state index contributed by atoms with van der Waals surface area (Å²) in [5, 5.41) is 0. The van der Waals surface area contributed by atoms with Gasteiger partial charge in [-0.25, -0.2) is 0 Å². The fourth-order valence-electron chi connectivity index (χ4n) is 1.05. The van der Waals surface area contributed by atoms with E-state index in [2.05, 4.69) is 36.2 Å². The maximum atomic E-state index is 3.80. The van der Waals surface area contributed by atoms with Crippen molar-refractivity contribution in [3.8, 4) is 0 Å². The largest absolute Gasteiger partial charge is 0.362 e. The van der Waals surface area contributed by atoms with Gasteiger partial charge in [0, 0.05) is 26.0 Å². The number of unbranched alkanes of at least 4 members (excludes halogenated alkanes) is 1. The summed E-state index contributed by atoms with van der Waals surface area (Å²) in [7, 11) is 2.08. The first-order chi connectivity index (χ1) is 4.83. The van der Waals surface area contributed by atoms with Crippen LogP contribution in [0.5, 0.6) is 0 Å². The topological polar surface area (TPSA) is 6.48 Å². The van der Waals surface area contributed by atoms with Gasteiger partial charge in [0.15, 0.2) is 0 Å². The van der Waals surface area contributed by atoms with Crippen LogP contribution in [-0.4, -0.2) is 30.1 Å². The van der Waals surface area contributed by atoms with Crippen LogP contribution in [-0.2, 0) is 0 Å². The van der Waals surface area contributed by atoms with Crippen molar-refractivity contribution in [2.24, 2.45) is 0 Å². The van der Waals surface area contributed by atoms with Gasteiger partial charge in [-0.05, 0) is 6.42 Å². The molecule has 1 radical (unpaired) electrons. The number of hydrogen-bond acceptors (Lipinski definition) is 2. The van der Waals surface area contributed by atoms with E-state index >= 15 is 0 Å². The quantitative estimate of drug-likeness (QED) is 0.581. The van der Waals surface area contributed by atoms with Gasteiger partial charge < -0.3 is 9.80 Å². The van der Waals surface area contributed by atoms with Gasteiger partial charge in [0.25, 0.3) is 0 Å². The van der Waals surface area contributed by atoms with Crippen LogP contribution in [0.3, 0.4) is 0 Å². The molecule has 0 saturated carbocycles. The van der Waals surface area contributed by atoms with E-state index in [1.165, 1.54) is 6.42 Å². The molecule has 0 aromatic heterocycles. The van der Waals surface area contributed by atoms with Crippen molar-refractivity contribution in [2.75, 3.05) is 20.3 Å². The molecule has 0 bridgehead atoms. The molecule has 1 aliphatic heterocycles. The maximum Gasteiger partial charge on any atom is 0.0890 e. The van der Waals surface area contributed by atoms with Crippen molar-refractivity contribution >= 4 is 0 Å². The minimum Gasteiger partial charge on any atom is -0.362 e. The third kappa shape index (κ3) is 1.94. The second kappa shape index (κ2) is 3.49. The van der Waals surface area contributed by atoms with E-state index in [-0.39, 0.29) is 0 Å². The standard InChI is InChI=1S/C8H15N2/c1-3-4-5-10-7-6-9(2)8-10/h6-7H,1,3-5,8H2,2H3. The van der Waals surface area contributed by atoms with Crippen LogP contribution in [0.4, 0.5) is 0 Å². The molecule has 0 saturated heterocycles. The van der Waals surface area contributed by atoms with E-state index in [9.17, 15) is 0 Å². The van der Waals surface area contributed by atoms with Crippen LogP contribution < -0.4 is 0 Å². The van der Waals surface area contributed by atoms with Crippen LogP contribution in [0.15, 0.2) is 12.4 Å². The van der Waals surface area contributed by atoms with Gasteiger partial charge in [-0.3, -0.25) is 0 Å². The minimum absolute atomic E-state index is 1.04. The van der Waals surface area contributed by atoms with Crippen molar-refractivity contribution in [3.63, 3.8) is 0 Å². The van der Waals surface area contributed by atoms with Gasteiger partial charge >= 0.3 is 0 Å². The summed E-state index contributed by atoms with van der Waals surface area (Å²) in [4.78, 5) is 4.47. The Bertz CT molecular complexity index is 120. The summed E-state index contributed by atoms with van der Waals surface area (Å²) in [5.41, 5.74) is 0. The fraction of sp³-hybridized carbons (Fsp3) is 0.625. The molecule has 1 aliphatic rings. The van der Waals surface area contributed by atoms with Crippen LogP contribution in [0.25, 0.3) is 0 Å². The van der Waals surface area contributed by atoms with Gasteiger partial charge in [-0.2, -0.15) is 0 Å². The normalized spacial score (nSPS) is 17.0. The average Bonchev–Trinajstić information content (AvgIpc) is 2.31. The Morgan fingerprint density at radius 2 is 2.30 bits per heavy atom. The van der Waals surface area contributed by atoms with Crippen LogP contribution >= 0.6 is 0 Å². The molecule has 10 heavy (non-hydrogen) atoms. The van der Waals surface area contributed by atoms with Crippen molar-refractivity contribution < 1.29 is 0 Å². The Morgan fingerprint density at radius 1 is 1.50 bits per heavy atom. The van der Waals surface area contributed by atoms with E-state index in [1.54, 1.807) is 0 Å². The molecule has 2 heteroatoms. The molecule has 0 fully saturated rings. The van der Waals surface area contributed by atoms with E-state index in [4.69, 9.17) is 0 Å². The molecular formula is C8H15N2. The Morgan fingerprint density at radius 3 is 2.80 bits per heavy atom. The van der Waals surface area contributed by atoms with Gasteiger partial charge in [0.05, 0.1) is 6.67 Å². The molecule has 0 aliphatic carbocycles. The molecule has 0 amide bonds. The Hall–Kier alpha value is -0.660. The minimum atomic E-state index is 1.04. The van der Waals surface area contributed by atoms with Crippen LogP contribution in [0.2, 0.25) is 0 Å². The van der Waals surface area contributed by atoms with Crippen LogP contribution in [0.1, 0.15) is 12.8 Å². The highest BCUT2D eigenvalue weighted by Crippen LogP contribution is 2.04. The molecule has 0 atom stereocenters. The second-order valence-corrected chi connectivity index (χ2v) is 2.72. The Balaban J connectivity index is 2.14. The molecule has 0 aromatic rings. The lowest BCUT2D eigenvalue weighted by Crippen LogP contribution is -2.23. The van der Waals surface area contributed by atoms with Gasteiger partial charge in [0.2, 0.25) is 0 Å². The summed E-state index contributed by atoms with van der Waals surface area (Å²) in [6.45, 7) is 5.99. The zero-order chi connectivity index (χ0) is 7.40. The van der Waals surface area contributed by atoms with E-state index in [0.29, 0.717) is 0 Å². The van der Waals surface area contributed by atoms with Crippen LogP contribution in [0, 0.1) is 6.92 Å². The first-order valence-corrected chi connectivity index (χ1v) is 3.75. The molecule has 1 rings (SSSR count). The second-order valence-electron chi connectivity index (χ2n) is 2.72. The van der Waals surface area contributed by atoms with Crippen molar-refractivity contribution in [1.29, 1.82) is 0 Å². The highest BCUT2D eigenvalue weighted by atomic mass is 15.3. The maximum absolute atomic E-state index is 3.80. The summed E-state index contributed by atoms with van der Waals surface area (Å²) in [6, 6.07) is 0. The lowest BCUT2D eigenvalue weighted by Gasteiger charge is -2.17.